The van der Waals surface area contributed by atoms with Crippen molar-refractivity contribution in [1.29, 1.82) is 0 Å². The number of anilines is 1. The molecule has 0 saturated carbocycles. The van der Waals surface area contributed by atoms with Crippen molar-refractivity contribution in [3.63, 3.8) is 0 Å². The molecule has 0 spiro atoms. The topological polar surface area (TPSA) is 53.5 Å². The molecular formula is C29H32ClN3O2. The summed E-state index contributed by atoms with van der Waals surface area (Å²) in [5, 5.41) is 0.706. The van der Waals surface area contributed by atoms with Gasteiger partial charge in [-0.3, -0.25) is 14.6 Å². The van der Waals surface area contributed by atoms with Crippen LogP contribution in [0.4, 0.5) is 5.69 Å². The van der Waals surface area contributed by atoms with Gasteiger partial charge in [0.25, 0.3) is 0 Å². The van der Waals surface area contributed by atoms with E-state index in [2.05, 4.69) is 22.9 Å². The van der Waals surface area contributed by atoms with Gasteiger partial charge in [0.2, 0.25) is 5.91 Å². The lowest BCUT2D eigenvalue weighted by atomic mass is 9.92. The zero-order chi connectivity index (χ0) is 25.3. The van der Waals surface area contributed by atoms with Crippen LogP contribution < -0.4 is 4.90 Å². The Morgan fingerprint density at radius 1 is 1.00 bits per heavy atom. The van der Waals surface area contributed by atoms with Crippen LogP contribution in [0.1, 0.15) is 59.6 Å². The van der Waals surface area contributed by atoms with Crippen molar-refractivity contribution >= 4 is 29.0 Å². The summed E-state index contributed by atoms with van der Waals surface area (Å²) >= 11 is 6.23. The van der Waals surface area contributed by atoms with Gasteiger partial charge in [-0.15, -0.1) is 0 Å². The highest BCUT2D eigenvalue weighted by Crippen LogP contribution is 2.35. The Bertz CT molecular complexity index is 1250. The third-order valence-electron chi connectivity index (χ3n) is 6.59. The molecule has 4 rings (SSSR count). The average Bonchev–Trinajstić information content (AvgIpc) is 2.83. The summed E-state index contributed by atoms with van der Waals surface area (Å²) in [4.78, 5) is 34.7. The molecule has 1 atom stereocenters. The minimum atomic E-state index is -0.444. The molecular weight excluding hydrogens is 458 g/mol. The summed E-state index contributed by atoms with van der Waals surface area (Å²) in [6.07, 6.45) is 1.69. The Labute approximate surface area is 212 Å². The number of pyridine rings is 1. The number of rotatable bonds is 4. The standard InChI is InChI=1S/C29H32ClN3O2/c1-19-17-23(30)12-13-25(19)33-16-15-32(28(35)29(3,4)5)18-26(33)21-8-10-22(11-9-21)27(34)24-7-6-14-31-20(24)2/h6-14,17,26H,15-16,18H2,1-5H3/t26-/m0/s1. The fraction of sp³-hybridized carbons (Fsp3) is 0.345. The van der Waals surface area contributed by atoms with E-state index in [4.69, 9.17) is 11.6 Å². The molecule has 0 bridgehead atoms. The van der Waals surface area contributed by atoms with Gasteiger partial charge in [0.05, 0.1) is 6.04 Å². The third kappa shape index (κ3) is 5.25. The average molecular weight is 490 g/mol. The van der Waals surface area contributed by atoms with Gasteiger partial charge in [-0.25, -0.2) is 0 Å². The molecule has 1 saturated heterocycles. The first kappa shape index (κ1) is 24.9. The summed E-state index contributed by atoms with van der Waals surface area (Å²) in [7, 11) is 0. The maximum atomic E-state index is 13.1. The highest BCUT2D eigenvalue weighted by Gasteiger charge is 2.35. The number of nitrogens with zero attached hydrogens (tertiary/aromatic N) is 3. The van der Waals surface area contributed by atoms with Crippen LogP contribution in [-0.2, 0) is 4.79 Å². The molecule has 0 N–H and O–H groups in total. The maximum Gasteiger partial charge on any atom is 0.228 e. The number of carbonyl (C=O) groups excluding carboxylic acids is 2. The van der Waals surface area contributed by atoms with Crippen LogP contribution in [0.3, 0.4) is 0 Å². The Morgan fingerprint density at radius 2 is 1.71 bits per heavy atom. The van der Waals surface area contributed by atoms with Gasteiger partial charge in [0.1, 0.15) is 0 Å². The van der Waals surface area contributed by atoms with Crippen LogP contribution in [0.2, 0.25) is 5.02 Å². The van der Waals surface area contributed by atoms with Gasteiger partial charge >= 0.3 is 0 Å². The van der Waals surface area contributed by atoms with Crippen LogP contribution in [0, 0.1) is 19.3 Å². The number of benzene rings is 2. The van der Waals surface area contributed by atoms with Gasteiger partial charge in [-0.05, 0) is 55.3 Å². The molecule has 0 aliphatic carbocycles. The smallest absolute Gasteiger partial charge is 0.228 e. The van der Waals surface area contributed by atoms with Gasteiger partial charge in [-0.1, -0.05) is 56.6 Å². The van der Waals surface area contributed by atoms with Crippen LogP contribution in [-0.4, -0.2) is 41.2 Å². The first-order valence-corrected chi connectivity index (χ1v) is 12.3. The van der Waals surface area contributed by atoms with Crippen molar-refractivity contribution < 1.29 is 9.59 Å². The summed E-state index contributed by atoms with van der Waals surface area (Å²) in [6.45, 7) is 11.7. The lowest BCUT2D eigenvalue weighted by molar-refractivity contribution is -0.140. The number of halogens is 1. The Hall–Kier alpha value is -3.18. The van der Waals surface area contributed by atoms with Crippen molar-refractivity contribution in [3.05, 3.63) is 93.8 Å². The largest absolute Gasteiger partial charge is 0.361 e. The molecule has 1 aromatic heterocycles. The van der Waals surface area contributed by atoms with Gasteiger partial charge < -0.3 is 9.80 Å². The molecule has 1 aliphatic heterocycles. The number of amides is 1. The van der Waals surface area contributed by atoms with E-state index in [1.165, 1.54) is 0 Å². The van der Waals surface area contributed by atoms with Gasteiger partial charge in [0.15, 0.2) is 5.78 Å². The number of piperazine rings is 1. The van der Waals surface area contributed by atoms with E-state index < -0.39 is 5.41 Å². The quantitative estimate of drug-likeness (QED) is 0.420. The van der Waals surface area contributed by atoms with Crippen molar-refractivity contribution in [3.8, 4) is 0 Å². The van der Waals surface area contributed by atoms with E-state index in [0.29, 0.717) is 35.8 Å². The number of ketones is 1. The second-order valence-electron chi connectivity index (χ2n) is 10.2. The Balaban J connectivity index is 1.68. The summed E-state index contributed by atoms with van der Waals surface area (Å²) in [5.74, 6) is 0.106. The van der Waals surface area contributed by atoms with E-state index in [9.17, 15) is 9.59 Å². The number of carbonyl (C=O) groups is 2. The van der Waals surface area contributed by atoms with Crippen molar-refractivity contribution in [2.75, 3.05) is 24.5 Å². The molecule has 2 aromatic carbocycles. The monoisotopic (exact) mass is 489 g/mol. The third-order valence-corrected chi connectivity index (χ3v) is 6.82. The van der Waals surface area contributed by atoms with Gasteiger partial charge in [0, 0.05) is 58.8 Å². The summed E-state index contributed by atoms with van der Waals surface area (Å²) in [6, 6.07) is 17.2. The normalized spacial score (nSPS) is 16.3. The van der Waals surface area contributed by atoms with E-state index in [1.54, 1.807) is 18.3 Å². The number of aromatic nitrogens is 1. The first-order valence-electron chi connectivity index (χ1n) is 11.9. The molecule has 1 fully saturated rings. The molecule has 35 heavy (non-hydrogen) atoms. The lowest BCUT2D eigenvalue weighted by Crippen LogP contribution is -2.53. The van der Waals surface area contributed by atoms with Crippen molar-refractivity contribution in [1.82, 2.24) is 9.88 Å². The highest BCUT2D eigenvalue weighted by atomic mass is 35.5. The highest BCUT2D eigenvalue weighted by molar-refractivity contribution is 6.30. The molecule has 6 heteroatoms. The molecule has 1 amide bonds. The van der Waals surface area contributed by atoms with E-state index >= 15 is 0 Å². The predicted molar refractivity (Wildman–Crippen MR) is 141 cm³/mol. The predicted octanol–water partition coefficient (Wildman–Crippen LogP) is 6.02. The van der Waals surface area contributed by atoms with Crippen molar-refractivity contribution in [2.45, 2.75) is 40.7 Å². The molecule has 1 aliphatic rings. The maximum absolute atomic E-state index is 13.1. The van der Waals surface area contributed by atoms with Crippen LogP contribution in [0.5, 0.6) is 0 Å². The number of hydrogen-bond donors (Lipinski definition) is 0. The SMILES string of the molecule is Cc1cc(Cl)ccc1N1CCN(C(=O)C(C)(C)C)C[C@H]1c1ccc(C(=O)c2cccnc2C)cc1. The lowest BCUT2D eigenvalue weighted by Gasteiger charge is -2.45. The second kappa shape index (κ2) is 9.82. The molecule has 0 unspecified atom stereocenters. The summed E-state index contributed by atoms with van der Waals surface area (Å²) < 4.78 is 0. The van der Waals surface area contributed by atoms with Crippen molar-refractivity contribution in [2.24, 2.45) is 5.41 Å². The van der Waals surface area contributed by atoms with Crippen LogP contribution >= 0.6 is 11.6 Å². The van der Waals surface area contributed by atoms with E-state index in [1.807, 2.05) is 69.0 Å². The fourth-order valence-corrected chi connectivity index (χ4v) is 4.92. The second-order valence-corrected chi connectivity index (χ2v) is 10.7. The van der Waals surface area contributed by atoms with Gasteiger partial charge in [-0.2, -0.15) is 0 Å². The number of hydrogen-bond acceptors (Lipinski definition) is 4. The zero-order valence-electron chi connectivity index (χ0n) is 21.0. The van der Waals surface area contributed by atoms with Crippen LogP contribution in [0.15, 0.2) is 60.8 Å². The molecule has 2 heterocycles. The zero-order valence-corrected chi connectivity index (χ0v) is 21.8. The van der Waals surface area contributed by atoms with Crippen LogP contribution in [0.25, 0.3) is 0 Å². The molecule has 5 nitrogen and oxygen atoms in total. The van der Waals surface area contributed by atoms with E-state index in [0.717, 1.165) is 22.5 Å². The molecule has 0 radical (unpaired) electrons. The minimum Gasteiger partial charge on any atom is -0.361 e. The first-order chi connectivity index (χ1) is 16.6. The Kier molecular flexibility index (Phi) is 7.00. The van der Waals surface area contributed by atoms with E-state index in [-0.39, 0.29) is 17.7 Å². The molecule has 3 aromatic rings. The fourth-order valence-electron chi connectivity index (χ4n) is 4.69. The minimum absolute atomic E-state index is 0.0410. The Morgan fingerprint density at radius 3 is 2.34 bits per heavy atom. The number of aryl methyl sites for hydroxylation is 2. The molecule has 182 valence electrons. The summed E-state index contributed by atoms with van der Waals surface area (Å²) in [5.41, 5.74) is 4.77.